The molecule has 1 aliphatic carbocycles. The van der Waals surface area contributed by atoms with Gasteiger partial charge in [0.2, 0.25) is 0 Å². The number of rotatable bonds is 5. The Kier molecular flexibility index (Phi) is 6.14. The Balaban J connectivity index is 2.30. The lowest BCUT2D eigenvalue weighted by Crippen LogP contribution is -2.42. The van der Waals surface area contributed by atoms with Crippen LogP contribution in [-0.4, -0.2) is 34.4 Å². The van der Waals surface area contributed by atoms with Crippen molar-refractivity contribution in [2.45, 2.75) is 77.4 Å². The number of benzene rings is 1. The molecule has 0 radical (unpaired) electrons. The standard InChI is InChI=1S/C20H30N2O5/c1-19(2,3)27-18(24)21-15(12-23)9-14-10-16-13(11-17(14)22(25)26)7-6-8-20(16,4)5/h10-11,15,23H,6-9,12H2,1-5H3,(H,21,24). The number of nitro groups is 1. The van der Waals surface area contributed by atoms with Gasteiger partial charge in [-0.2, -0.15) is 0 Å². The molecule has 1 atom stereocenters. The number of nitro benzene ring substituents is 1. The van der Waals surface area contributed by atoms with E-state index in [4.69, 9.17) is 4.74 Å². The SMILES string of the molecule is CC(C)(C)OC(=O)NC(CO)Cc1cc2c(cc1[N+](=O)[O-])CCCC2(C)C. The number of amides is 1. The molecule has 0 saturated heterocycles. The number of carbonyl (C=O) groups is 1. The zero-order valence-electron chi connectivity index (χ0n) is 16.8. The van der Waals surface area contributed by atoms with Crippen LogP contribution in [0.3, 0.4) is 0 Å². The summed E-state index contributed by atoms with van der Waals surface area (Å²) in [5.41, 5.74) is 1.97. The van der Waals surface area contributed by atoms with E-state index in [2.05, 4.69) is 19.2 Å². The largest absolute Gasteiger partial charge is 0.444 e. The van der Waals surface area contributed by atoms with Gasteiger partial charge in [0.05, 0.1) is 17.6 Å². The van der Waals surface area contributed by atoms with Gasteiger partial charge < -0.3 is 15.2 Å². The Morgan fingerprint density at radius 1 is 1.41 bits per heavy atom. The number of alkyl carbamates (subject to hydrolysis) is 1. The van der Waals surface area contributed by atoms with Gasteiger partial charge in [0.25, 0.3) is 5.69 Å². The molecule has 1 unspecified atom stereocenters. The van der Waals surface area contributed by atoms with Crippen molar-refractivity contribution in [3.05, 3.63) is 38.9 Å². The zero-order valence-corrected chi connectivity index (χ0v) is 16.8. The number of aliphatic hydroxyl groups excluding tert-OH is 1. The molecule has 1 aromatic rings. The topological polar surface area (TPSA) is 102 Å². The second-order valence-corrected chi connectivity index (χ2v) is 8.86. The number of carbonyl (C=O) groups excluding carboxylic acids is 1. The first-order chi connectivity index (χ1) is 12.4. The minimum absolute atomic E-state index is 0.0379. The minimum Gasteiger partial charge on any atom is -0.444 e. The number of aliphatic hydroxyl groups is 1. The van der Waals surface area contributed by atoms with Crippen molar-refractivity contribution in [2.24, 2.45) is 0 Å². The number of fused-ring (bicyclic) bond motifs is 1. The summed E-state index contributed by atoms with van der Waals surface area (Å²) in [6.45, 7) is 9.19. The highest BCUT2D eigenvalue weighted by atomic mass is 16.6. The Hall–Kier alpha value is -2.15. The summed E-state index contributed by atoms with van der Waals surface area (Å²) in [5, 5.41) is 23.8. The highest BCUT2D eigenvalue weighted by Crippen LogP contribution is 2.39. The maximum absolute atomic E-state index is 12.0. The first-order valence-corrected chi connectivity index (χ1v) is 9.34. The molecule has 27 heavy (non-hydrogen) atoms. The van der Waals surface area contributed by atoms with E-state index >= 15 is 0 Å². The molecule has 0 bridgehead atoms. The van der Waals surface area contributed by atoms with Crippen LogP contribution < -0.4 is 5.32 Å². The molecule has 2 rings (SSSR count). The molecular formula is C20H30N2O5. The van der Waals surface area contributed by atoms with Crippen LogP contribution in [-0.2, 0) is 23.0 Å². The molecule has 7 heteroatoms. The van der Waals surface area contributed by atoms with E-state index in [0.29, 0.717) is 5.56 Å². The second kappa shape index (κ2) is 7.84. The van der Waals surface area contributed by atoms with Crippen molar-refractivity contribution in [1.82, 2.24) is 5.32 Å². The molecule has 0 aromatic heterocycles. The fourth-order valence-electron chi connectivity index (χ4n) is 3.60. The summed E-state index contributed by atoms with van der Waals surface area (Å²) >= 11 is 0. The van der Waals surface area contributed by atoms with Crippen LogP contribution in [0.1, 0.15) is 64.2 Å². The highest BCUT2D eigenvalue weighted by Gasteiger charge is 2.31. The number of aryl methyl sites for hydroxylation is 1. The maximum atomic E-state index is 12.0. The predicted molar refractivity (Wildman–Crippen MR) is 103 cm³/mol. The average Bonchev–Trinajstić information content (AvgIpc) is 2.52. The van der Waals surface area contributed by atoms with E-state index in [9.17, 15) is 20.0 Å². The van der Waals surface area contributed by atoms with Crippen LogP contribution in [0.4, 0.5) is 10.5 Å². The molecule has 2 N–H and O–H groups in total. The van der Waals surface area contributed by atoms with E-state index in [1.807, 2.05) is 6.07 Å². The zero-order chi connectivity index (χ0) is 20.4. The normalized spacial score (nSPS) is 17.0. The molecule has 0 heterocycles. The molecule has 0 spiro atoms. The molecule has 7 nitrogen and oxygen atoms in total. The van der Waals surface area contributed by atoms with Crippen molar-refractivity contribution >= 4 is 11.8 Å². The molecule has 0 fully saturated rings. The Bertz CT molecular complexity index is 722. The van der Waals surface area contributed by atoms with Crippen LogP contribution in [0.15, 0.2) is 12.1 Å². The van der Waals surface area contributed by atoms with Crippen LogP contribution in [0, 0.1) is 10.1 Å². The van der Waals surface area contributed by atoms with E-state index in [-0.39, 0.29) is 29.1 Å². The smallest absolute Gasteiger partial charge is 0.407 e. The first kappa shape index (κ1) is 21.2. The molecule has 0 saturated carbocycles. The van der Waals surface area contributed by atoms with Crippen molar-refractivity contribution in [2.75, 3.05) is 6.61 Å². The van der Waals surface area contributed by atoms with Crippen molar-refractivity contribution < 1.29 is 19.6 Å². The van der Waals surface area contributed by atoms with Gasteiger partial charge in [0.15, 0.2) is 0 Å². The fraction of sp³-hybridized carbons (Fsp3) is 0.650. The Morgan fingerprint density at radius 2 is 2.07 bits per heavy atom. The number of ether oxygens (including phenoxy) is 1. The summed E-state index contributed by atoms with van der Waals surface area (Å²) in [5.74, 6) is 0. The number of hydrogen-bond donors (Lipinski definition) is 2. The molecule has 0 aliphatic heterocycles. The summed E-state index contributed by atoms with van der Waals surface area (Å²) in [6.07, 6.45) is 2.38. The van der Waals surface area contributed by atoms with Gasteiger partial charge >= 0.3 is 6.09 Å². The molecule has 150 valence electrons. The first-order valence-electron chi connectivity index (χ1n) is 9.34. The summed E-state index contributed by atoms with van der Waals surface area (Å²) in [6, 6.07) is 2.88. The van der Waals surface area contributed by atoms with Crippen molar-refractivity contribution in [3.8, 4) is 0 Å². The van der Waals surface area contributed by atoms with E-state index in [0.717, 1.165) is 30.4 Å². The summed E-state index contributed by atoms with van der Waals surface area (Å²) < 4.78 is 5.21. The third kappa shape index (κ3) is 5.42. The third-order valence-corrected chi connectivity index (χ3v) is 4.89. The number of nitrogens with zero attached hydrogens (tertiary/aromatic N) is 1. The second-order valence-electron chi connectivity index (χ2n) is 8.86. The van der Waals surface area contributed by atoms with E-state index in [1.165, 1.54) is 0 Å². The molecular weight excluding hydrogens is 348 g/mol. The lowest BCUT2D eigenvalue weighted by molar-refractivity contribution is -0.385. The van der Waals surface area contributed by atoms with Crippen LogP contribution in [0.25, 0.3) is 0 Å². The minimum atomic E-state index is -0.664. The van der Waals surface area contributed by atoms with Crippen molar-refractivity contribution in [1.29, 1.82) is 0 Å². The van der Waals surface area contributed by atoms with Gasteiger partial charge in [-0.1, -0.05) is 13.8 Å². The van der Waals surface area contributed by atoms with Crippen LogP contribution in [0.5, 0.6) is 0 Å². The Morgan fingerprint density at radius 3 is 2.63 bits per heavy atom. The van der Waals surface area contributed by atoms with Gasteiger partial charge in [-0.25, -0.2) is 4.79 Å². The predicted octanol–water partition coefficient (Wildman–Crippen LogP) is 3.64. The maximum Gasteiger partial charge on any atom is 0.407 e. The Labute approximate surface area is 160 Å². The van der Waals surface area contributed by atoms with Gasteiger partial charge in [0.1, 0.15) is 5.60 Å². The molecule has 1 aromatic carbocycles. The van der Waals surface area contributed by atoms with Crippen molar-refractivity contribution in [3.63, 3.8) is 0 Å². The third-order valence-electron chi connectivity index (χ3n) is 4.89. The molecule has 1 amide bonds. The quantitative estimate of drug-likeness (QED) is 0.602. The lowest BCUT2D eigenvalue weighted by Gasteiger charge is -2.33. The van der Waals surface area contributed by atoms with Gasteiger partial charge in [-0.05, 0) is 62.6 Å². The van der Waals surface area contributed by atoms with Crippen LogP contribution in [0.2, 0.25) is 0 Å². The van der Waals surface area contributed by atoms with Crippen LogP contribution >= 0.6 is 0 Å². The average molecular weight is 378 g/mol. The fourth-order valence-corrected chi connectivity index (χ4v) is 3.60. The number of nitrogens with one attached hydrogen (secondary N) is 1. The van der Waals surface area contributed by atoms with E-state index in [1.54, 1.807) is 26.8 Å². The van der Waals surface area contributed by atoms with Gasteiger partial charge in [-0.15, -0.1) is 0 Å². The monoisotopic (exact) mass is 378 g/mol. The molecule has 1 aliphatic rings. The van der Waals surface area contributed by atoms with Gasteiger partial charge in [-0.3, -0.25) is 10.1 Å². The van der Waals surface area contributed by atoms with E-state index < -0.39 is 17.7 Å². The summed E-state index contributed by atoms with van der Waals surface area (Å²) in [4.78, 5) is 23.2. The lowest BCUT2D eigenvalue weighted by atomic mass is 9.72. The number of hydrogen-bond acceptors (Lipinski definition) is 5. The highest BCUT2D eigenvalue weighted by molar-refractivity contribution is 5.68. The summed E-state index contributed by atoms with van der Waals surface area (Å²) in [7, 11) is 0. The van der Waals surface area contributed by atoms with Gasteiger partial charge in [0, 0.05) is 18.1 Å².